The molecule has 0 aliphatic carbocycles. The summed E-state index contributed by atoms with van der Waals surface area (Å²) in [5.74, 6) is -7.07. The fourth-order valence-electron chi connectivity index (χ4n) is 2.20. The first-order valence-corrected chi connectivity index (χ1v) is 9.06. The van der Waals surface area contributed by atoms with E-state index >= 15 is 0 Å². The lowest BCUT2D eigenvalue weighted by molar-refractivity contribution is -0.385. The van der Waals surface area contributed by atoms with E-state index in [9.17, 15) is 41.3 Å². The summed E-state index contributed by atoms with van der Waals surface area (Å²) < 4.78 is 65.3. The Balaban J connectivity index is 2.59. The minimum Gasteiger partial charge on any atom is -0.338 e. The highest BCUT2D eigenvalue weighted by Crippen LogP contribution is 2.31. The number of aromatic nitrogens is 2. The standard InChI is InChI=1S/C14H10F3N3O7S/c1-6(21)10(12-18-13(19-27-12)14(15,16)17)11(22)8-4-3-7(28(2,25)26)5-9(8)20(23)24/h3-5,10H,1-2H3. The highest BCUT2D eigenvalue weighted by Gasteiger charge is 2.41. The van der Waals surface area contributed by atoms with Gasteiger partial charge in [0.2, 0.25) is 5.89 Å². The average molecular weight is 421 g/mol. The van der Waals surface area contributed by atoms with E-state index in [-0.39, 0.29) is 0 Å². The lowest BCUT2D eigenvalue weighted by Crippen LogP contribution is -2.22. The molecule has 0 spiro atoms. The van der Waals surface area contributed by atoms with Crippen LogP contribution >= 0.6 is 0 Å². The van der Waals surface area contributed by atoms with Gasteiger partial charge in [-0.1, -0.05) is 5.16 Å². The van der Waals surface area contributed by atoms with Crippen LogP contribution in [0.1, 0.15) is 34.9 Å². The lowest BCUT2D eigenvalue weighted by atomic mass is 9.93. The maximum absolute atomic E-state index is 12.6. The van der Waals surface area contributed by atoms with Gasteiger partial charge >= 0.3 is 6.18 Å². The molecule has 0 saturated heterocycles. The zero-order valence-electron chi connectivity index (χ0n) is 14.1. The maximum atomic E-state index is 12.6. The zero-order chi connectivity index (χ0) is 21.4. The highest BCUT2D eigenvalue weighted by molar-refractivity contribution is 7.90. The van der Waals surface area contributed by atoms with Crippen molar-refractivity contribution in [2.24, 2.45) is 0 Å². The smallest absolute Gasteiger partial charge is 0.338 e. The minimum atomic E-state index is -5.00. The van der Waals surface area contributed by atoms with Gasteiger partial charge in [0.25, 0.3) is 11.5 Å². The normalized spacial score (nSPS) is 13.2. The monoisotopic (exact) mass is 421 g/mol. The number of carbonyl (C=O) groups excluding carboxylic acids is 2. The molecular formula is C14H10F3N3O7S. The summed E-state index contributed by atoms with van der Waals surface area (Å²) in [5.41, 5.74) is -1.65. The third-order valence-corrected chi connectivity index (χ3v) is 4.58. The number of hydrogen-bond acceptors (Lipinski definition) is 9. The molecule has 1 aromatic carbocycles. The summed E-state index contributed by atoms with van der Waals surface area (Å²) in [4.78, 5) is 37.2. The van der Waals surface area contributed by atoms with Crippen molar-refractivity contribution in [1.82, 2.24) is 10.1 Å². The van der Waals surface area contributed by atoms with E-state index < -0.39 is 66.3 Å². The highest BCUT2D eigenvalue weighted by atomic mass is 32.2. The molecule has 1 unspecified atom stereocenters. The molecular weight excluding hydrogens is 411 g/mol. The maximum Gasteiger partial charge on any atom is 0.455 e. The molecule has 0 fully saturated rings. The molecule has 0 amide bonds. The van der Waals surface area contributed by atoms with Gasteiger partial charge in [0.15, 0.2) is 21.5 Å². The Labute approximate surface area is 154 Å². The van der Waals surface area contributed by atoms with Crippen LogP contribution in [0.4, 0.5) is 18.9 Å². The molecule has 28 heavy (non-hydrogen) atoms. The van der Waals surface area contributed by atoms with Crippen LogP contribution in [-0.2, 0) is 20.8 Å². The van der Waals surface area contributed by atoms with Crippen LogP contribution in [-0.4, -0.2) is 41.3 Å². The largest absolute Gasteiger partial charge is 0.455 e. The fraction of sp³-hybridized carbons (Fsp3) is 0.286. The number of carbonyl (C=O) groups is 2. The van der Waals surface area contributed by atoms with E-state index in [1.165, 1.54) is 0 Å². The summed E-state index contributed by atoms with van der Waals surface area (Å²) >= 11 is 0. The molecule has 14 heteroatoms. The van der Waals surface area contributed by atoms with Gasteiger partial charge in [-0.15, -0.1) is 0 Å². The van der Waals surface area contributed by atoms with E-state index in [4.69, 9.17) is 0 Å². The summed E-state index contributed by atoms with van der Waals surface area (Å²) in [6.07, 6.45) is -4.22. The van der Waals surface area contributed by atoms with E-state index in [1.54, 1.807) is 0 Å². The molecule has 0 aliphatic rings. The second-order valence-corrected chi connectivity index (χ2v) is 7.59. The van der Waals surface area contributed by atoms with Crippen molar-refractivity contribution in [1.29, 1.82) is 0 Å². The predicted molar refractivity (Wildman–Crippen MR) is 83.3 cm³/mol. The number of halogens is 3. The Morgan fingerprint density at radius 1 is 1.29 bits per heavy atom. The number of nitrogens with zero attached hydrogens (tertiary/aromatic N) is 3. The quantitative estimate of drug-likeness (QED) is 0.295. The molecule has 0 saturated carbocycles. The number of ketones is 2. The van der Waals surface area contributed by atoms with Gasteiger partial charge in [-0.05, 0) is 19.1 Å². The molecule has 0 bridgehead atoms. The van der Waals surface area contributed by atoms with Crippen LogP contribution in [0, 0.1) is 10.1 Å². The summed E-state index contributed by atoms with van der Waals surface area (Å²) in [6, 6.07) is 2.28. The SMILES string of the molecule is CC(=O)C(C(=O)c1ccc(S(C)(=O)=O)cc1[N+](=O)[O-])c1nc(C(F)(F)F)no1. The summed E-state index contributed by atoms with van der Waals surface area (Å²) in [6.45, 7) is 0.844. The zero-order valence-corrected chi connectivity index (χ0v) is 14.9. The minimum absolute atomic E-state index is 0.465. The van der Waals surface area contributed by atoms with E-state index in [2.05, 4.69) is 14.7 Å². The molecule has 0 aliphatic heterocycles. The van der Waals surface area contributed by atoms with Gasteiger partial charge in [-0.2, -0.15) is 18.2 Å². The number of alkyl halides is 3. The van der Waals surface area contributed by atoms with Crippen LogP contribution in [0.25, 0.3) is 0 Å². The number of sulfone groups is 1. The van der Waals surface area contributed by atoms with Gasteiger partial charge in [-0.25, -0.2) is 8.42 Å². The lowest BCUT2D eigenvalue weighted by Gasteiger charge is -2.09. The van der Waals surface area contributed by atoms with Crippen LogP contribution in [0.15, 0.2) is 27.6 Å². The molecule has 0 N–H and O–H groups in total. The van der Waals surface area contributed by atoms with Gasteiger partial charge < -0.3 is 4.52 Å². The van der Waals surface area contributed by atoms with Crippen molar-refractivity contribution in [3.8, 4) is 0 Å². The average Bonchev–Trinajstić information content (AvgIpc) is 3.02. The van der Waals surface area contributed by atoms with Crippen LogP contribution in [0.5, 0.6) is 0 Å². The fourth-order valence-corrected chi connectivity index (χ4v) is 2.84. The molecule has 1 atom stereocenters. The van der Waals surface area contributed by atoms with Gasteiger partial charge in [0, 0.05) is 12.3 Å². The molecule has 2 rings (SSSR count). The predicted octanol–water partition coefficient (Wildman–Crippen LogP) is 1.96. The van der Waals surface area contributed by atoms with E-state index in [0.29, 0.717) is 6.07 Å². The number of rotatable bonds is 6. The number of nitro benzene ring substituents is 1. The number of nitro groups is 1. The van der Waals surface area contributed by atoms with Crippen LogP contribution in [0.2, 0.25) is 0 Å². The van der Waals surface area contributed by atoms with Crippen molar-refractivity contribution >= 4 is 27.1 Å². The Morgan fingerprint density at radius 2 is 1.89 bits per heavy atom. The van der Waals surface area contributed by atoms with Crippen molar-refractivity contribution in [2.45, 2.75) is 23.9 Å². The number of hydrogen-bond donors (Lipinski definition) is 0. The van der Waals surface area contributed by atoms with E-state index in [0.717, 1.165) is 25.3 Å². The molecule has 0 radical (unpaired) electrons. The molecule has 2 aromatic rings. The van der Waals surface area contributed by atoms with Crippen molar-refractivity contribution in [2.75, 3.05) is 6.26 Å². The number of benzene rings is 1. The molecule has 1 heterocycles. The van der Waals surface area contributed by atoms with Crippen molar-refractivity contribution in [3.63, 3.8) is 0 Å². The van der Waals surface area contributed by atoms with Gasteiger partial charge in [0.1, 0.15) is 5.78 Å². The Morgan fingerprint density at radius 3 is 2.32 bits per heavy atom. The third-order valence-electron chi connectivity index (χ3n) is 3.47. The summed E-state index contributed by atoms with van der Waals surface area (Å²) in [5, 5.41) is 13.9. The van der Waals surface area contributed by atoms with Crippen LogP contribution in [0.3, 0.4) is 0 Å². The first kappa shape index (κ1) is 21.1. The third kappa shape index (κ3) is 4.21. The second-order valence-electron chi connectivity index (χ2n) is 5.57. The number of Topliss-reactive ketones (excluding diaryl/α,β-unsaturated/α-hetero) is 2. The van der Waals surface area contributed by atoms with Crippen LogP contribution < -0.4 is 0 Å². The first-order chi connectivity index (χ1) is 12.7. The Bertz CT molecular complexity index is 1080. The topological polar surface area (TPSA) is 150 Å². The second kappa shape index (κ2) is 7.10. The summed E-state index contributed by atoms with van der Waals surface area (Å²) in [7, 11) is -3.85. The van der Waals surface area contributed by atoms with Crippen molar-refractivity contribution < 1.29 is 40.6 Å². The Kier molecular flexibility index (Phi) is 5.36. The molecule has 10 nitrogen and oxygen atoms in total. The first-order valence-electron chi connectivity index (χ1n) is 7.17. The van der Waals surface area contributed by atoms with Gasteiger partial charge in [0.05, 0.1) is 15.4 Å². The molecule has 1 aromatic heterocycles. The Hall–Kier alpha value is -3.16. The molecule has 150 valence electrons. The van der Waals surface area contributed by atoms with Gasteiger partial charge in [-0.3, -0.25) is 19.7 Å². The van der Waals surface area contributed by atoms with Crippen molar-refractivity contribution in [3.05, 3.63) is 45.6 Å². The van der Waals surface area contributed by atoms with E-state index in [1.807, 2.05) is 0 Å².